The van der Waals surface area contributed by atoms with Crippen molar-refractivity contribution >= 4 is 15.9 Å². The smallest absolute Gasteiger partial charge is 0.287 e. The lowest BCUT2D eigenvalue weighted by Gasteiger charge is -2.01. The molecule has 1 rings (SSSR count). The standard InChI is InChI=1S/C10H16N2O4S/c1-3-4-7-12-10(13)8-5-6-9(16-8)17(14,15)11-2/h5-6,11H,3-4,7H2,1-2H3,(H,12,13). The van der Waals surface area contributed by atoms with Gasteiger partial charge in [0.15, 0.2) is 5.76 Å². The van der Waals surface area contributed by atoms with E-state index >= 15 is 0 Å². The molecule has 1 amide bonds. The van der Waals surface area contributed by atoms with Gasteiger partial charge in [-0.3, -0.25) is 4.79 Å². The maximum Gasteiger partial charge on any atom is 0.287 e. The van der Waals surface area contributed by atoms with E-state index in [1.165, 1.54) is 19.2 Å². The molecule has 0 atom stereocenters. The first-order valence-electron chi connectivity index (χ1n) is 5.33. The highest BCUT2D eigenvalue weighted by molar-refractivity contribution is 7.89. The molecule has 17 heavy (non-hydrogen) atoms. The average Bonchev–Trinajstić information content (AvgIpc) is 2.79. The fraction of sp³-hybridized carbons (Fsp3) is 0.500. The first-order chi connectivity index (χ1) is 8.01. The summed E-state index contributed by atoms with van der Waals surface area (Å²) in [6.45, 7) is 2.56. The van der Waals surface area contributed by atoms with Crippen LogP contribution < -0.4 is 10.0 Å². The second-order valence-electron chi connectivity index (χ2n) is 3.44. The lowest BCUT2D eigenvalue weighted by atomic mass is 10.3. The first-order valence-corrected chi connectivity index (χ1v) is 6.81. The topological polar surface area (TPSA) is 88.4 Å². The summed E-state index contributed by atoms with van der Waals surface area (Å²) < 4.78 is 29.8. The Labute approximate surface area is 100 Å². The number of hydrogen-bond acceptors (Lipinski definition) is 4. The van der Waals surface area contributed by atoms with E-state index in [1.807, 2.05) is 6.92 Å². The SMILES string of the molecule is CCCCNC(=O)c1ccc(S(=O)(=O)NC)o1. The highest BCUT2D eigenvalue weighted by Crippen LogP contribution is 2.13. The molecule has 0 fully saturated rings. The van der Waals surface area contributed by atoms with E-state index in [1.54, 1.807) is 0 Å². The maximum atomic E-state index is 11.5. The molecule has 1 heterocycles. The van der Waals surface area contributed by atoms with Crippen LogP contribution in [0.4, 0.5) is 0 Å². The molecule has 0 aliphatic rings. The summed E-state index contributed by atoms with van der Waals surface area (Å²) in [7, 11) is -2.36. The van der Waals surface area contributed by atoms with Gasteiger partial charge in [-0.05, 0) is 25.6 Å². The summed E-state index contributed by atoms with van der Waals surface area (Å²) in [4.78, 5) is 11.5. The molecule has 6 nitrogen and oxygen atoms in total. The van der Waals surface area contributed by atoms with Crippen LogP contribution in [0.15, 0.2) is 21.6 Å². The number of amides is 1. The van der Waals surface area contributed by atoms with Crippen LogP contribution in [0.25, 0.3) is 0 Å². The summed E-state index contributed by atoms with van der Waals surface area (Å²) in [6.07, 6.45) is 1.84. The predicted octanol–water partition coefficient (Wildman–Crippen LogP) is 0.718. The Kier molecular flexibility index (Phi) is 4.71. The second-order valence-corrected chi connectivity index (χ2v) is 5.25. The molecule has 0 aliphatic carbocycles. The van der Waals surface area contributed by atoms with Gasteiger partial charge in [-0.1, -0.05) is 13.3 Å². The van der Waals surface area contributed by atoms with E-state index in [-0.39, 0.29) is 10.9 Å². The van der Waals surface area contributed by atoms with Crippen LogP contribution in [0.3, 0.4) is 0 Å². The van der Waals surface area contributed by atoms with Gasteiger partial charge in [0.05, 0.1) is 0 Å². The molecule has 0 saturated carbocycles. The second kappa shape index (κ2) is 5.83. The van der Waals surface area contributed by atoms with Gasteiger partial charge in [0.2, 0.25) is 5.09 Å². The highest BCUT2D eigenvalue weighted by Gasteiger charge is 2.19. The van der Waals surface area contributed by atoms with Crippen molar-refractivity contribution in [1.82, 2.24) is 10.0 Å². The van der Waals surface area contributed by atoms with Gasteiger partial charge in [0.1, 0.15) is 0 Å². The number of rotatable bonds is 6. The fourth-order valence-corrected chi connectivity index (χ4v) is 1.80. The fourth-order valence-electron chi connectivity index (χ4n) is 1.15. The molecule has 2 N–H and O–H groups in total. The largest absolute Gasteiger partial charge is 0.438 e. The number of hydrogen-bond donors (Lipinski definition) is 2. The van der Waals surface area contributed by atoms with Crippen molar-refractivity contribution in [1.29, 1.82) is 0 Å². The predicted molar refractivity (Wildman–Crippen MR) is 62.2 cm³/mol. The lowest BCUT2D eigenvalue weighted by molar-refractivity contribution is 0.0920. The Morgan fingerprint density at radius 2 is 2.12 bits per heavy atom. The monoisotopic (exact) mass is 260 g/mol. The quantitative estimate of drug-likeness (QED) is 0.737. The number of sulfonamides is 1. The summed E-state index contributed by atoms with van der Waals surface area (Å²) >= 11 is 0. The van der Waals surface area contributed by atoms with Gasteiger partial charge in [-0.25, -0.2) is 13.1 Å². The van der Waals surface area contributed by atoms with Crippen LogP contribution >= 0.6 is 0 Å². The first kappa shape index (κ1) is 13.7. The summed E-state index contributed by atoms with van der Waals surface area (Å²) in [6, 6.07) is 2.59. The average molecular weight is 260 g/mol. The van der Waals surface area contributed by atoms with E-state index < -0.39 is 15.9 Å². The number of nitrogens with one attached hydrogen (secondary N) is 2. The van der Waals surface area contributed by atoms with E-state index in [0.717, 1.165) is 12.8 Å². The number of carbonyl (C=O) groups is 1. The van der Waals surface area contributed by atoms with Crippen LogP contribution in [-0.2, 0) is 10.0 Å². The van der Waals surface area contributed by atoms with Crippen LogP contribution in [0.2, 0.25) is 0 Å². The molecule has 96 valence electrons. The molecule has 0 unspecified atom stereocenters. The Morgan fingerprint density at radius 1 is 1.41 bits per heavy atom. The zero-order chi connectivity index (χ0) is 12.9. The highest BCUT2D eigenvalue weighted by atomic mass is 32.2. The zero-order valence-corrected chi connectivity index (χ0v) is 10.6. The molecule has 7 heteroatoms. The molecule has 0 aromatic carbocycles. The Hall–Kier alpha value is -1.34. The molecule has 0 aliphatic heterocycles. The van der Waals surface area contributed by atoms with E-state index in [4.69, 9.17) is 4.42 Å². The van der Waals surface area contributed by atoms with Crippen molar-refractivity contribution in [3.05, 3.63) is 17.9 Å². The van der Waals surface area contributed by atoms with Crippen LogP contribution in [-0.4, -0.2) is 27.9 Å². The molecular formula is C10H16N2O4S. The normalized spacial score (nSPS) is 11.4. The Balaban J connectivity index is 2.71. The van der Waals surface area contributed by atoms with Gasteiger partial charge in [0.25, 0.3) is 15.9 Å². The summed E-state index contributed by atoms with van der Waals surface area (Å²) in [5.74, 6) is -0.411. The number of unbranched alkanes of at least 4 members (excludes halogenated alkanes) is 1. The van der Waals surface area contributed by atoms with Gasteiger partial charge in [-0.15, -0.1) is 0 Å². The lowest BCUT2D eigenvalue weighted by Crippen LogP contribution is -2.24. The van der Waals surface area contributed by atoms with E-state index in [2.05, 4.69) is 10.0 Å². The third kappa shape index (κ3) is 3.57. The molecule has 1 aromatic heterocycles. The third-order valence-electron chi connectivity index (χ3n) is 2.15. The van der Waals surface area contributed by atoms with Crippen molar-refractivity contribution in [3.8, 4) is 0 Å². The molecule has 0 spiro atoms. The van der Waals surface area contributed by atoms with Crippen molar-refractivity contribution in [2.24, 2.45) is 0 Å². The zero-order valence-electron chi connectivity index (χ0n) is 9.82. The van der Waals surface area contributed by atoms with Crippen LogP contribution in [0.1, 0.15) is 30.3 Å². The van der Waals surface area contributed by atoms with E-state index in [9.17, 15) is 13.2 Å². The Morgan fingerprint density at radius 3 is 2.71 bits per heavy atom. The molecule has 1 aromatic rings. The van der Waals surface area contributed by atoms with Crippen molar-refractivity contribution in [3.63, 3.8) is 0 Å². The van der Waals surface area contributed by atoms with Gasteiger partial charge >= 0.3 is 0 Å². The van der Waals surface area contributed by atoms with E-state index in [0.29, 0.717) is 6.54 Å². The summed E-state index contributed by atoms with van der Waals surface area (Å²) in [5.41, 5.74) is 0. The number of carbonyl (C=O) groups excluding carboxylic acids is 1. The molecule has 0 radical (unpaired) electrons. The maximum absolute atomic E-state index is 11.5. The van der Waals surface area contributed by atoms with Gasteiger partial charge < -0.3 is 9.73 Å². The molecule has 0 bridgehead atoms. The summed E-state index contributed by atoms with van der Waals surface area (Å²) in [5, 5.41) is 2.37. The van der Waals surface area contributed by atoms with Crippen LogP contribution in [0.5, 0.6) is 0 Å². The molecule has 0 saturated heterocycles. The minimum absolute atomic E-state index is 0.00470. The minimum atomic E-state index is -3.63. The Bertz CT molecular complexity index is 478. The van der Waals surface area contributed by atoms with Crippen molar-refractivity contribution in [2.45, 2.75) is 24.9 Å². The van der Waals surface area contributed by atoms with Crippen molar-refractivity contribution < 1.29 is 17.6 Å². The van der Waals surface area contributed by atoms with Gasteiger partial charge in [-0.2, -0.15) is 0 Å². The minimum Gasteiger partial charge on any atom is -0.438 e. The third-order valence-corrected chi connectivity index (χ3v) is 3.44. The van der Waals surface area contributed by atoms with Crippen LogP contribution in [0, 0.1) is 0 Å². The van der Waals surface area contributed by atoms with Crippen molar-refractivity contribution in [2.75, 3.05) is 13.6 Å². The molecular weight excluding hydrogens is 244 g/mol. The van der Waals surface area contributed by atoms with Gasteiger partial charge in [0, 0.05) is 6.54 Å². The number of furan rings is 1.